The van der Waals surface area contributed by atoms with Gasteiger partial charge in [-0.1, -0.05) is 26.0 Å². The molecule has 3 aromatic rings. The Balaban J connectivity index is 1.79. The lowest BCUT2D eigenvalue weighted by molar-refractivity contribution is 0.0720. The van der Waals surface area contributed by atoms with Gasteiger partial charge in [-0.05, 0) is 55.9 Å². The Bertz CT molecular complexity index is 1200. The van der Waals surface area contributed by atoms with Gasteiger partial charge in [0.25, 0.3) is 5.91 Å². The molecule has 0 saturated heterocycles. The van der Waals surface area contributed by atoms with E-state index in [0.29, 0.717) is 34.6 Å². The molecule has 7 nitrogen and oxygen atoms in total. The van der Waals surface area contributed by atoms with Gasteiger partial charge in [0.1, 0.15) is 17.1 Å². The number of hydrogen-bond donors (Lipinski definition) is 0. The minimum atomic E-state index is -0.502. The van der Waals surface area contributed by atoms with Crippen LogP contribution in [0, 0.1) is 0 Å². The minimum Gasteiger partial charge on any atom is -0.497 e. The summed E-state index contributed by atoms with van der Waals surface area (Å²) in [7, 11) is 3.16. The van der Waals surface area contributed by atoms with Crippen LogP contribution >= 0.6 is 0 Å². The zero-order valence-corrected chi connectivity index (χ0v) is 19.6. The van der Waals surface area contributed by atoms with Crippen LogP contribution in [-0.2, 0) is 0 Å². The molecule has 0 bridgehead atoms. The lowest BCUT2D eigenvalue weighted by atomic mass is 9.98. The molecule has 33 heavy (non-hydrogen) atoms. The molecule has 0 fully saturated rings. The Morgan fingerprint density at radius 1 is 0.970 bits per heavy atom. The van der Waals surface area contributed by atoms with Crippen LogP contribution in [0.5, 0.6) is 11.5 Å². The van der Waals surface area contributed by atoms with Gasteiger partial charge in [0, 0.05) is 12.6 Å². The molecule has 7 heteroatoms. The molecule has 174 valence electrons. The number of methoxy groups -OCH3 is 2. The van der Waals surface area contributed by atoms with Crippen molar-refractivity contribution < 1.29 is 18.7 Å². The minimum absolute atomic E-state index is 0.115. The van der Waals surface area contributed by atoms with Gasteiger partial charge < -0.3 is 23.7 Å². The largest absolute Gasteiger partial charge is 0.497 e. The van der Waals surface area contributed by atoms with E-state index < -0.39 is 6.04 Å². The van der Waals surface area contributed by atoms with Crippen LogP contribution in [0.15, 0.2) is 51.7 Å². The van der Waals surface area contributed by atoms with Gasteiger partial charge in [0.05, 0.1) is 31.2 Å². The Labute approximate surface area is 193 Å². The first-order valence-corrected chi connectivity index (χ1v) is 11.3. The van der Waals surface area contributed by atoms with E-state index >= 15 is 0 Å². The Kier molecular flexibility index (Phi) is 6.70. The number of fused-ring (bicyclic) bond motifs is 2. The molecule has 1 aliphatic rings. The maximum Gasteiger partial charge on any atom is 0.290 e. The maximum absolute atomic E-state index is 13.6. The van der Waals surface area contributed by atoms with Crippen molar-refractivity contribution in [3.63, 3.8) is 0 Å². The summed E-state index contributed by atoms with van der Waals surface area (Å²) in [5.41, 5.74) is 1.41. The second-order valence-corrected chi connectivity index (χ2v) is 8.09. The van der Waals surface area contributed by atoms with Crippen molar-refractivity contribution in [2.75, 3.05) is 40.4 Å². The third-order valence-electron chi connectivity index (χ3n) is 6.37. The van der Waals surface area contributed by atoms with E-state index in [1.165, 1.54) is 0 Å². The van der Waals surface area contributed by atoms with Gasteiger partial charge in [-0.2, -0.15) is 0 Å². The molecule has 2 aromatic carbocycles. The summed E-state index contributed by atoms with van der Waals surface area (Å²) in [6.07, 6.45) is 0.801. The first-order valence-electron chi connectivity index (χ1n) is 11.3. The Morgan fingerprint density at radius 3 is 2.27 bits per heavy atom. The fraction of sp³-hybridized carbons (Fsp3) is 0.385. The van der Waals surface area contributed by atoms with E-state index in [-0.39, 0.29) is 17.1 Å². The molecular formula is C26H30N2O5. The average Bonchev–Trinajstić information content (AvgIpc) is 3.13. The quantitative estimate of drug-likeness (QED) is 0.489. The predicted molar refractivity (Wildman–Crippen MR) is 127 cm³/mol. The summed E-state index contributed by atoms with van der Waals surface area (Å²) in [4.78, 5) is 31.2. The second kappa shape index (κ2) is 9.67. The average molecular weight is 451 g/mol. The summed E-state index contributed by atoms with van der Waals surface area (Å²) in [6.45, 7) is 7.57. The number of rotatable bonds is 9. The molecule has 0 spiro atoms. The lowest BCUT2D eigenvalue weighted by Crippen LogP contribution is -2.33. The summed E-state index contributed by atoms with van der Waals surface area (Å²) in [6, 6.07) is 12.1. The van der Waals surface area contributed by atoms with Crippen molar-refractivity contribution in [2.45, 2.75) is 26.3 Å². The number of amides is 1. The van der Waals surface area contributed by atoms with Crippen molar-refractivity contribution in [1.82, 2.24) is 9.80 Å². The van der Waals surface area contributed by atoms with Crippen LogP contribution in [0.25, 0.3) is 11.0 Å². The summed E-state index contributed by atoms with van der Waals surface area (Å²) in [5, 5.41) is 0.436. The number of carbonyl (C=O) groups excluding carboxylic acids is 1. The topological polar surface area (TPSA) is 72.2 Å². The van der Waals surface area contributed by atoms with E-state index in [0.717, 1.165) is 31.6 Å². The van der Waals surface area contributed by atoms with Crippen LogP contribution in [0.1, 0.15) is 48.0 Å². The Hall–Kier alpha value is -3.32. The highest BCUT2D eigenvalue weighted by Gasteiger charge is 2.42. The maximum atomic E-state index is 13.6. The van der Waals surface area contributed by atoms with Crippen molar-refractivity contribution in [3.05, 3.63) is 69.6 Å². The van der Waals surface area contributed by atoms with Gasteiger partial charge in [0.15, 0.2) is 5.43 Å². The molecule has 2 heterocycles. The summed E-state index contributed by atoms with van der Waals surface area (Å²) in [5.74, 6) is 1.14. The highest BCUT2D eigenvalue weighted by Crippen LogP contribution is 2.39. The molecule has 1 aliphatic heterocycles. The highest BCUT2D eigenvalue weighted by molar-refractivity contribution is 5.99. The normalized spacial score (nSPS) is 15.4. The second-order valence-electron chi connectivity index (χ2n) is 8.09. The molecule has 1 aromatic heterocycles. The van der Waals surface area contributed by atoms with Crippen LogP contribution in [0.3, 0.4) is 0 Å². The van der Waals surface area contributed by atoms with Gasteiger partial charge >= 0.3 is 0 Å². The SMILES string of the molecule is CCN(CC)CCCN1C(=O)c2oc3cc(OC)ccc3c(=O)c2C1c1ccc(OC)cc1. The van der Waals surface area contributed by atoms with Gasteiger partial charge in [-0.25, -0.2) is 0 Å². The van der Waals surface area contributed by atoms with E-state index in [2.05, 4.69) is 18.7 Å². The fourth-order valence-electron chi connectivity index (χ4n) is 4.49. The molecule has 4 rings (SSSR count). The predicted octanol–water partition coefficient (Wildman–Crippen LogP) is 4.09. The van der Waals surface area contributed by atoms with E-state index in [4.69, 9.17) is 13.9 Å². The first kappa shape index (κ1) is 22.9. The van der Waals surface area contributed by atoms with Crippen molar-refractivity contribution in [2.24, 2.45) is 0 Å². The van der Waals surface area contributed by atoms with Crippen LogP contribution in [0.4, 0.5) is 0 Å². The van der Waals surface area contributed by atoms with Crippen molar-refractivity contribution in [1.29, 1.82) is 0 Å². The third-order valence-corrected chi connectivity index (χ3v) is 6.37. The number of nitrogens with zero attached hydrogens (tertiary/aromatic N) is 2. The van der Waals surface area contributed by atoms with E-state index in [9.17, 15) is 9.59 Å². The van der Waals surface area contributed by atoms with Crippen LogP contribution in [-0.4, -0.2) is 56.1 Å². The fourth-order valence-corrected chi connectivity index (χ4v) is 4.49. The van der Waals surface area contributed by atoms with Crippen LogP contribution < -0.4 is 14.9 Å². The molecule has 1 amide bonds. The zero-order valence-electron chi connectivity index (χ0n) is 19.6. The van der Waals surface area contributed by atoms with Gasteiger partial charge in [-0.15, -0.1) is 0 Å². The molecular weight excluding hydrogens is 420 g/mol. The summed E-state index contributed by atoms with van der Waals surface area (Å²) < 4.78 is 16.6. The first-order chi connectivity index (χ1) is 16.0. The number of benzene rings is 2. The van der Waals surface area contributed by atoms with Gasteiger partial charge in [-0.3, -0.25) is 9.59 Å². The number of carbonyl (C=O) groups is 1. The molecule has 0 N–H and O–H groups in total. The lowest BCUT2D eigenvalue weighted by Gasteiger charge is -2.26. The standard InChI is InChI=1S/C26H30N2O5/c1-5-27(6-2)14-7-15-28-23(17-8-10-18(31-3)11-9-17)22-24(29)20-13-12-19(32-4)16-21(20)33-25(22)26(28)30/h8-13,16,23H,5-7,14-15H2,1-4H3. The monoisotopic (exact) mass is 450 g/mol. The third kappa shape index (κ3) is 4.20. The molecule has 1 atom stereocenters. The molecule has 0 radical (unpaired) electrons. The molecule has 0 aliphatic carbocycles. The van der Waals surface area contributed by atoms with Crippen molar-refractivity contribution >= 4 is 16.9 Å². The highest BCUT2D eigenvalue weighted by atomic mass is 16.5. The molecule has 1 unspecified atom stereocenters. The van der Waals surface area contributed by atoms with Crippen molar-refractivity contribution in [3.8, 4) is 11.5 Å². The molecule has 0 saturated carbocycles. The Morgan fingerprint density at radius 2 is 1.64 bits per heavy atom. The smallest absolute Gasteiger partial charge is 0.290 e. The number of hydrogen-bond acceptors (Lipinski definition) is 6. The van der Waals surface area contributed by atoms with E-state index in [1.54, 1.807) is 37.3 Å². The van der Waals surface area contributed by atoms with E-state index in [1.807, 2.05) is 24.3 Å². The number of ether oxygens (including phenoxy) is 2. The van der Waals surface area contributed by atoms with Gasteiger partial charge in [0.2, 0.25) is 5.76 Å². The zero-order chi connectivity index (χ0) is 23.5. The van der Waals surface area contributed by atoms with Crippen LogP contribution in [0.2, 0.25) is 0 Å². The summed E-state index contributed by atoms with van der Waals surface area (Å²) >= 11 is 0.